The number of hydrogen-bond donors (Lipinski definition) is 1. The molecule has 1 aliphatic rings. The quantitative estimate of drug-likeness (QED) is 0.651. The van der Waals surface area contributed by atoms with E-state index in [0.717, 1.165) is 50.1 Å². The summed E-state index contributed by atoms with van der Waals surface area (Å²) in [6.45, 7) is 8.03. The van der Waals surface area contributed by atoms with Crippen LogP contribution in [0.1, 0.15) is 29.5 Å². The first-order valence-electron chi connectivity index (χ1n) is 10.4. The van der Waals surface area contributed by atoms with Gasteiger partial charge in [-0.05, 0) is 56.8 Å². The number of aryl methyl sites for hydroxylation is 2. The van der Waals surface area contributed by atoms with E-state index in [4.69, 9.17) is 0 Å². The molecule has 0 atom stereocenters. The summed E-state index contributed by atoms with van der Waals surface area (Å²) in [6, 6.07) is 16.5. The van der Waals surface area contributed by atoms with Crippen molar-refractivity contribution in [3.05, 3.63) is 85.7 Å². The van der Waals surface area contributed by atoms with Gasteiger partial charge in [0.25, 0.3) is 0 Å². The van der Waals surface area contributed by atoms with Crippen molar-refractivity contribution in [1.82, 2.24) is 4.90 Å². The van der Waals surface area contributed by atoms with E-state index in [1.807, 2.05) is 31.2 Å². The van der Waals surface area contributed by atoms with E-state index in [0.29, 0.717) is 17.2 Å². The van der Waals surface area contributed by atoms with E-state index in [-0.39, 0.29) is 10.9 Å². The minimum atomic E-state index is -0.377. The third-order valence-corrected chi connectivity index (χ3v) is 6.01. The second-order valence-corrected chi connectivity index (χ2v) is 8.36. The molecule has 0 radical (unpaired) electrons. The molecule has 3 aromatic rings. The number of likely N-dealkylation sites (tertiary alicyclic amines) is 1. The fourth-order valence-corrected chi connectivity index (χ4v) is 4.22. The van der Waals surface area contributed by atoms with Gasteiger partial charge in [-0.2, -0.15) is 0 Å². The van der Waals surface area contributed by atoms with Crippen LogP contribution < -0.4 is 16.2 Å². The van der Waals surface area contributed by atoms with Crippen molar-refractivity contribution in [1.29, 1.82) is 0 Å². The van der Waals surface area contributed by atoms with Crippen molar-refractivity contribution >= 4 is 5.69 Å². The van der Waals surface area contributed by atoms with Crippen LogP contribution in [-0.4, -0.2) is 24.5 Å². The van der Waals surface area contributed by atoms with Crippen molar-refractivity contribution in [2.75, 3.05) is 25.0 Å². The Bertz CT molecular complexity index is 1050. The van der Waals surface area contributed by atoms with Gasteiger partial charge in [0.05, 0.1) is 11.3 Å². The van der Waals surface area contributed by atoms with Crippen molar-refractivity contribution < 1.29 is 0 Å². The highest BCUT2D eigenvalue weighted by Gasteiger charge is 2.24. The Morgan fingerprint density at radius 1 is 0.931 bits per heavy atom. The average molecular weight is 389 g/mol. The molecular weight excluding hydrogens is 360 g/mol. The smallest absolute Gasteiger partial charge is 0.250 e. The summed E-state index contributed by atoms with van der Waals surface area (Å²) >= 11 is 0. The summed E-state index contributed by atoms with van der Waals surface area (Å²) in [7, 11) is 0. The SMILES string of the molecule is Cc1ccc(-c2c(NCC3CCN(Cc4cccc(C)c4)CC3)c(=O)c2=O)cc1. The zero-order valence-corrected chi connectivity index (χ0v) is 17.2. The molecule has 4 nitrogen and oxygen atoms in total. The molecule has 1 N–H and O–H groups in total. The Labute approximate surface area is 171 Å². The van der Waals surface area contributed by atoms with Gasteiger partial charge in [-0.25, -0.2) is 0 Å². The number of benzene rings is 2. The second-order valence-electron chi connectivity index (χ2n) is 8.36. The number of nitrogens with one attached hydrogen (secondary N) is 1. The molecule has 0 aromatic heterocycles. The molecule has 4 heteroatoms. The number of anilines is 1. The fraction of sp³-hybridized carbons (Fsp3) is 0.360. The van der Waals surface area contributed by atoms with Gasteiger partial charge >= 0.3 is 0 Å². The molecular formula is C25H28N2O2. The summed E-state index contributed by atoms with van der Waals surface area (Å²) in [6.07, 6.45) is 2.21. The first-order valence-corrected chi connectivity index (χ1v) is 10.4. The van der Waals surface area contributed by atoms with E-state index in [2.05, 4.69) is 41.4 Å². The highest BCUT2D eigenvalue weighted by molar-refractivity contribution is 5.81. The highest BCUT2D eigenvalue weighted by Crippen LogP contribution is 2.25. The standard InChI is InChI=1S/C25H28N2O2/c1-17-6-8-21(9-7-17)22-23(25(29)24(22)28)26-15-19-10-12-27(13-11-19)16-20-5-3-4-18(2)14-20/h3-9,14,19,26H,10-13,15-16H2,1-2H3. The Hall–Kier alpha value is -2.72. The van der Waals surface area contributed by atoms with Crippen LogP contribution in [-0.2, 0) is 6.54 Å². The lowest BCUT2D eigenvalue weighted by molar-refractivity contribution is 0.182. The Morgan fingerprint density at radius 2 is 1.66 bits per heavy atom. The van der Waals surface area contributed by atoms with E-state index >= 15 is 0 Å². The summed E-state index contributed by atoms with van der Waals surface area (Å²) in [4.78, 5) is 26.7. The third-order valence-electron chi connectivity index (χ3n) is 6.01. The van der Waals surface area contributed by atoms with Gasteiger partial charge in [0.15, 0.2) is 0 Å². The van der Waals surface area contributed by atoms with Gasteiger partial charge in [0.1, 0.15) is 0 Å². The molecule has 1 heterocycles. The Morgan fingerprint density at radius 3 is 2.34 bits per heavy atom. The molecule has 0 aliphatic carbocycles. The number of nitrogens with zero attached hydrogens (tertiary/aromatic N) is 1. The molecule has 0 unspecified atom stereocenters. The molecule has 1 aliphatic heterocycles. The number of hydrogen-bond acceptors (Lipinski definition) is 4. The van der Waals surface area contributed by atoms with Crippen molar-refractivity contribution in [2.24, 2.45) is 5.92 Å². The molecule has 1 saturated heterocycles. The minimum absolute atomic E-state index is 0.371. The van der Waals surface area contributed by atoms with Gasteiger partial charge in [-0.3, -0.25) is 14.5 Å². The predicted octanol–water partition coefficient (Wildman–Crippen LogP) is 3.89. The van der Waals surface area contributed by atoms with E-state index in [1.54, 1.807) is 0 Å². The van der Waals surface area contributed by atoms with Gasteiger partial charge in [-0.1, -0.05) is 59.7 Å². The van der Waals surface area contributed by atoms with Crippen LogP contribution in [0, 0.1) is 19.8 Å². The van der Waals surface area contributed by atoms with Crippen LogP contribution in [0.25, 0.3) is 11.1 Å². The molecule has 150 valence electrons. The largest absolute Gasteiger partial charge is 0.381 e. The predicted molar refractivity (Wildman–Crippen MR) is 119 cm³/mol. The van der Waals surface area contributed by atoms with Gasteiger partial charge in [0.2, 0.25) is 10.9 Å². The van der Waals surface area contributed by atoms with E-state index in [1.165, 1.54) is 11.1 Å². The van der Waals surface area contributed by atoms with E-state index in [9.17, 15) is 9.59 Å². The maximum absolute atomic E-state index is 12.1. The van der Waals surface area contributed by atoms with Crippen molar-refractivity contribution in [3.63, 3.8) is 0 Å². The summed E-state index contributed by atoms with van der Waals surface area (Å²) in [5, 5.41) is 3.29. The maximum Gasteiger partial charge on any atom is 0.250 e. The lowest BCUT2D eigenvalue weighted by atomic mass is 9.94. The summed E-state index contributed by atoms with van der Waals surface area (Å²) < 4.78 is 0. The third kappa shape index (κ3) is 4.33. The Balaban J connectivity index is 1.32. The summed E-state index contributed by atoms with van der Waals surface area (Å²) in [5.41, 5.74) is 4.94. The lowest BCUT2D eigenvalue weighted by Gasteiger charge is -2.32. The molecule has 0 bridgehead atoms. The van der Waals surface area contributed by atoms with Gasteiger partial charge < -0.3 is 5.32 Å². The van der Waals surface area contributed by atoms with Gasteiger partial charge in [0, 0.05) is 13.1 Å². The lowest BCUT2D eigenvalue weighted by Crippen LogP contribution is -2.39. The van der Waals surface area contributed by atoms with Crippen LogP contribution in [0.2, 0.25) is 0 Å². The normalized spacial score (nSPS) is 15.7. The Kier molecular flexibility index (Phi) is 5.63. The first-order chi connectivity index (χ1) is 14.0. The molecule has 0 amide bonds. The molecule has 3 aromatic carbocycles. The maximum atomic E-state index is 12.1. The molecule has 29 heavy (non-hydrogen) atoms. The number of piperidine rings is 1. The van der Waals surface area contributed by atoms with Crippen molar-refractivity contribution in [2.45, 2.75) is 33.2 Å². The van der Waals surface area contributed by atoms with Crippen LogP contribution in [0.3, 0.4) is 0 Å². The van der Waals surface area contributed by atoms with Crippen LogP contribution in [0.4, 0.5) is 5.69 Å². The molecule has 0 saturated carbocycles. The van der Waals surface area contributed by atoms with Crippen LogP contribution in [0.15, 0.2) is 58.1 Å². The topological polar surface area (TPSA) is 49.4 Å². The monoisotopic (exact) mass is 388 g/mol. The zero-order valence-electron chi connectivity index (χ0n) is 17.2. The summed E-state index contributed by atoms with van der Waals surface area (Å²) in [5.74, 6) is 0.527. The minimum Gasteiger partial charge on any atom is -0.381 e. The molecule has 4 rings (SSSR count). The van der Waals surface area contributed by atoms with Crippen LogP contribution >= 0.6 is 0 Å². The molecule has 1 fully saturated rings. The average Bonchev–Trinajstić information content (AvgIpc) is 2.72. The second kappa shape index (κ2) is 8.34. The van der Waals surface area contributed by atoms with Crippen molar-refractivity contribution in [3.8, 4) is 11.1 Å². The highest BCUT2D eigenvalue weighted by atomic mass is 16.2. The fourth-order valence-electron chi connectivity index (χ4n) is 4.22. The zero-order chi connectivity index (χ0) is 20.4. The molecule has 0 spiro atoms. The van der Waals surface area contributed by atoms with Crippen LogP contribution in [0.5, 0.6) is 0 Å². The van der Waals surface area contributed by atoms with E-state index < -0.39 is 0 Å². The van der Waals surface area contributed by atoms with Gasteiger partial charge in [-0.15, -0.1) is 0 Å². The number of rotatable bonds is 6. The first kappa shape index (κ1) is 19.6.